The minimum Gasteiger partial charge on any atom is -0.481 e. The van der Waals surface area contributed by atoms with Crippen molar-refractivity contribution in [2.24, 2.45) is 33.9 Å². The highest BCUT2D eigenvalue weighted by atomic mass is 16.5. The molecule has 0 aromatic heterocycles. The maximum atomic E-state index is 10.8. The molecular weight excluding hydrogens is 402 g/mol. The fraction of sp³-hybridized carbons (Fsp3) is 0.636. The average molecular weight is 434 g/mol. The second-order valence-corrected chi connectivity index (χ2v) is 9.51. The van der Waals surface area contributed by atoms with Gasteiger partial charge in [-0.05, 0) is 66.5 Å². The predicted octanol–water partition coefficient (Wildman–Crippen LogP) is 0.976. The maximum absolute atomic E-state index is 10.8. The van der Waals surface area contributed by atoms with Crippen LogP contribution in [0.4, 0.5) is 0 Å². The van der Waals surface area contributed by atoms with Crippen molar-refractivity contribution >= 4 is 11.7 Å². The van der Waals surface area contributed by atoms with Gasteiger partial charge in [0.15, 0.2) is 6.23 Å². The van der Waals surface area contributed by atoms with E-state index < -0.39 is 30.4 Å². The van der Waals surface area contributed by atoms with E-state index in [-0.39, 0.29) is 29.6 Å². The molecule has 2 unspecified atom stereocenters. The number of fused-ring (bicyclic) bond motifs is 5. The monoisotopic (exact) mass is 433 g/mol. The van der Waals surface area contributed by atoms with Gasteiger partial charge in [0.25, 0.3) is 0 Å². The Balaban J connectivity index is 1.60. The molecule has 1 aromatic rings. The largest absolute Gasteiger partial charge is 0.481 e. The first-order chi connectivity index (χ1) is 14.7. The lowest BCUT2D eigenvalue weighted by Crippen LogP contribution is -2.47. The van der Waals surface area contributed by atoms with Gasteiger partial charge in [0.2, 0.25) is 0 Å². The molecule has 0 saturated heterocycles. The topological polar surface area (TPSA) is 172 Å². The van der Waals surface area contributed by atoms with E-state index in [2.05, 4.69) is 12.1 Å². The number of carboxylic acid groups (broad SMARTS) is 1. The summed E-state index contributed by atoms with van der Waals surface area (Å²) >= 11 is 0. The Morgan fingerprint density at radius 1 is 1.35 bits per heavy atom. The van der Waals surface area contributed by atoms with Crippen LogP contribution in [-0.4, -0.2) is 56.7 Å². The number of ether oxygens (including phenoxy) is 1. The van der Waals surface area contributed by atoms with Gasteiger partial charge in [-0.25, -0.2) is 0 Å². The zero-order chi connectivity index (χ0) is 22.5. The molecule has 8 atom stereocenters. The minimum atomic E-state index is -1.05. The van der Waals surface area contributed by atoms with Crippen molar-refractivity contribution in [3.8, 4) is 5.75 Å². The van der Waals surface area contributed by atoms with Crippen LogP contribution >= 0.6 is 0 Å². The average Bonchev–Trinajstić information content (AvgIpc) is 2.96. The highest BCUT2D eigenvalue weighted by Crippen LogP contribution is 2.61. The summed E-state index contributed by atoms with van der Waals surface area (Å²) in [6.45, 7) is 2.05. The Morgan fingerprint density at radius 2 is 2.10 bits per heavy atom. The highest BCUT2D eigenvalue weighted by molar-refractivity contribution is 6.03. The van der Waals surface area contributed by atoms with E-state index >= 15 is 0 Å². The number of carboxylic acids is 1. The van der Waals surface area contributed by atoms with Crippen molar-refractivity contribution in [3.05, 3.63) is 29.3 Å². The molecule has 9 nitrogen and oxygen atoms in total. The number of hydrogen-bond donors (Lipinski definition) is 6. The first-order valence-corrected chi connectivity index (χ1v) is 10.8. The van der Waals surface area contributed by atoms with E-state index in [9.17, 15) is 20.2 Å². The lowest BCUT2D eigenvalue weighted by atomic mass is 9.55. The number of aliphatic carboxylic acids is 1. The molecule has 8 N–H and O–H groups in total. The third-order valence-corrected chi connectivity index (χ3v) is 7.80. The number of nitrogens with two attached hydrogens (primary N) is 2. The van der Waals surface area contributed by atoms with Gasteiger partial charge in [-0.2, -0.15) is 0 Å². The van der Waals surface area contributed by atoms with Crippen molar-refractivity contribution < 1.29 is 30.1 Å². The van der Waals surface area contributed by atoms with E-state index in [4.69, 9.17) is 21.3 Å². The summed E-state index contributed by atoms with van der Waals surface area (Å²) in [6, 6.07) is 4.61. The summed E-state index contributed by atoms with van der Waals surface area (Å²) in [7, 11) is 0. The van der Waals surface area contributed by atoms with Gasteiger partial charge in [0.05, 0.1) is 30.4 Å². The number of hydrogen-bond acceptors (Lipinski definition) is 8. The maximum Gasteiger partial charge on any atom is 0.305 e. The smallest absolute Gasteiger partial charge is 0.305 e. The zero-order valence-electron chi connectivity index (χ0n) is 17.5. The molecule has 0 heterocycles. The summed E-state index contributed by atoms with van der Waals surface area (Å²) < 4.78 is 5.67. The molecule has 2 saturated carbocycles. The number of benzene rings is 1. The molecule has 0 radical (unpaired) electrons. The Kier molecular flexibility index (Phi) is 5.72. The molecular formula is C22H31N3O6. The normalized spacial score (nSPS) is 37.5. The molecule has 0 aliphatic heterocycles. The molecule has 0 spiro atoms. The van der Waals surface area contributed by atoms with Gasteiger partial charge in [0, 0.05) is 5.56 Å². The molecule has 0 bridgehead atoms. The van der Waals surface area contributed by atoms with Crippen LogP contribution in [0.2, 0.25) is 0 Å². The van der Waals surface area contributed by atoms with E-state index in [0.717, 1.165) is 24.0 Å². The van der Waals surface area contributed by atoms with Crippen molar-refractivity contribution in [1.29, 1.82) is 0 Å². The second kappa shape index (κ2) is 8.05. The number of oxime groups is 1. The molecule has 31 heavy (non-hydrogen) atoms. The zero-order valence-corrected chi connectivity index (χ0v) is 17.5. The van der Waals surface area contributed by atoms with E-state index in [1.54, 1.807) is 12.1 Å². The molecule has 1 aromatic carbocycles. The van der Waals surface area contributed by atoms with E-state index in [1.165, 1.54) is 0 Å². The summed E-state index contributed by atoms with van der Waals surface area (Å²) in [4.78, 5) is 10.8. The van der Waals surface area contributed by atoms with Crippen LogP contribution in [0.3, 0.4) is 0 Å². The van der Waals surface area contributed by atoms with Crippen LogP contribution in [0.25, 0.3) is 0 Å². The van der Waals surface area contributed by atoms with Gasteiger partial charge in [-0.15, -0.1) is 0 Å². The van der Waals surface area contributed by atoms with Crippen LogP contribution in [0, 0.1) is 17.3 Å². The number of rotatable bonds is 5. The van der Waals surface area contributed by atoms with Crippen LogP contribution in [-0.2, 0) is 4.79 Å². The molecule has 3 aliphatic rings. The SMILES string of the molecule is C[C@]12CC[C@@H]3c4ccc(OC(N)C(N)CC(=O)O)cc4C(=NO)C[C@H]3[C@@H]1C[C@@H](O)[C@@H]2O. The van der Waals surface area contributed by atoms with Gasteiger partial charge >= 0.3 is 5.97 Å². The Morgan fingerprint density at radius 3 is 2.77 bits per heavy atom. The van der Waals surface area contributed by atoms with Crippen LogP contribution in [0.5, 0.6) is 5.75 Å². The second-order valence-electron chi connectivity index (χ2n) is 9.51. The Hall–Kier alpha value is -2.20. The number of aliphatic hydroxyl groups is 2. The van der Waals surface area contributed by atoms with Crippen molar-refractivity contribution in [3.63, 3.8) is 0 Å². The molecule has 2 fully saturated rings. The van der Waals surface area contributed by atoms with Crippen LogP contribution < -0.4 is 16.2 Å². The van der Waals surface area contributed by atoms with Crippen molar-refractivity contribution in [2.45, 2.75) is 69.4 Å². The van der Waals surface area contributed by atoms with Gasteiger partial charge in [-0.3, -0.25) is 10.5 Å². The fourth-order valence-electron chi connectivity index (χ4n) is 6.12. The van der Waals surface area contributed by atoms with Crippen molar-refractivity contribution in [1.82, 2.24) is 0 Å². The molecule has 4 rings (SSSR count). The molecule has 9 heteroatoms. The van der Waals surface area contributed by atoms with Crippen molar-refractivity contribution in [2.75, 3.05) is 0 Å². The first-order valence-electron chi connectivity index (χ1n) is 10.8. The molecule has 170 valence electrons. The predicted molar refractivity (Wildman–Crippen MR) is 112 cm³/mol. The number of nitrogens with zero attached hydrogens (tertiary/aromatic N) is 1. The lowest BCUT2D eigenvalue weighted by molar-refractivity contribution is -0.137. The lowest BCUT2D eigenvalue weighted by Gasteiger charge is -2.49. The van der Waals surface area contributed by atoms with Gasteiger partial charge in [0.1, 0.15) is 5.75 Å². The van der Waals surface area contributed by atoms with E-state index in [0.29, 0.717) is 24.3 Å². The quantitative estimate of drug-likeness (QED) is 0.226. The summed E-state index contributed by atoms with van der Waals surface area (Å²) in [6.07, 6.45) is 0.0186. The Labute approximate surface area is 180 Å². The fourth-order valence-corrected chi connectivity index (χ4v) is 6.12. The Bertz CT molecular complexity index is 892. The van der Waals surface area contributed by atoms with E-state index in [1.807, 2.05) is 6.07 Å². The number of carbonyl (C=O) groups is 1. The highest BCUT2D eigenvalue weighted by Gasteiger charge is 2.58. The first kappa shape index (κ1) is 22.0. The summed E-state index contributed by atoms with van der Waals surface area (Å²) in [5.74, 6) is -0.0854. The molecule has 0 amide bonds. The van der Waals surface area contributed by atoms with Crippen LogP contribution in [0.1, 0.15) is 56.1 Å². The standard InChI is InChI=1S/C22H31N3O6/c1-22-5-4-12-11-3-2-10(31-21(24)16(23)9-19(27)28)6-14(11)17(25-30)7-13(12)15(22)8-18(26)20(22)29/h2-3,6,12-13,15-16,18,20-21,26,29-30H,4-5,7-9,23-24H2,1H3,(H,27,28)/t12-,13-,15+,16?,18-,20+,21?,22+/m1/s1. The van der Waals surface area contributed by atoms with Gasteiger partial charge < -0.3 is 31.0 Å². The summed E-state index contributed by atoms with van der Waals surface area (Å²) in [5.41, 5.74) is 13.7. The number of aliphatic hydroxyl groups excluding tert-OH is 2. The van der Waals surface area contributed by atoms with Gasteiger partial charge in [-0.1, -0.05) is 18.1 Å². The third-order valence-electron chi connectivity index (χ3n) is 7.80. The minimum absolute atomic E-state index is 0.138. The summed E-state index contributed by atoms with van der Waals surface area (Å²) in [5, 5.41) is 43.1. The molecule has 3 aliphatic carbocycles. The van der Waals surface area contributed by atoms with Crippen LogP contribution in [0.15, 0.2) is 23.4 Å². The third kappa shape index (κ3) is 3.69.